The van der Waals surface area contributed by atoms with E-state index in [0.29, 0.717) is 32.5 Å². The largest absolute Gasteiger partial charge is 0.321 e. The minimum absolute atomic E-state index is 0.197. The van der Waals surface area contributed by atoms with Gasteiger partial charge in [-0.05, 0) is 42.5 Å². The van der Waals surface area contributed by atoms with E-state index in [4.69, 9.17) is 0 Å². The van der Waals surface area contributed by atoms with Crippen molar-refractivity contribution < 1.29 is 19.2 Å². The second-order valence-corrected chi connectivity index (χ2v) is 7.92. The highest BCUT2D eigenvalue weighted by Crippen LogP contribution is 2.26. The predicted molar refractivity (Wildman–Crippen MR) is 120 cm³/mol. The molecule has 0 atom stereocenters. The van der Waals surface area contributed by atoms with Crippen LogP contribution in [0.5, 0.6) is 0 Å². The van der Waals surface area contributed by atoms with Crippen LogP contribution >= 0.6 is 15.9 Å². The molecular formula is C24H17BrN2O4. The van der Waals surface area contributed by atoms with E-state index in [2.05, 4.69) is 21.2 Å². The van der Waals surface area contributed by atoms with Gasteiger partial charge in [0.25, 0.3) is 5.91 Å². The zero-order chi connectivity index (χ0) is 22.0. The van der Waals surface area contributed by atoms with Crippen molar-refractivity contribution in [3.05, 3.63) is 94.0 Å². The average Bonchev–Trinajstić information content (AvgIpc) is 3.13. The minimum atomic E-state index is -0.407. The van der Waals surface area contributed by atoms with Gasteiger partial charge in [-0.1, -0.05) is 46.3 Å². The molecule has 4 rings (SSSR count). The molecule has 1 aliphatic heterocycles. The van der Waals surface area contributed by atoms with Crippen molar-refractivity contribution in [3.8, 4) is 0 Å². The van der Waals surface area contributed by atoms with E-state index < -0.39 is 5.91 Å². The van der Waals surface area contributed by atoms with Crippen molar-refractivity contribution in [2.45, 2.75) is 12.8 Å². The minimum Gasteiger partial charge on any atom is -0.321 e. The van der Waals surface area contributed by atoms with Crippen LogP contribution in [0.4, 0.5) is 11.4 Å². The van der Waals surface area contributed by atoms with E-state index in [1.54, 1.807) is 66.7 Å². The van der Waals surface area contributed by atoms with Crippen LogP contribution in [0.2, 0.25) is 0 Å². The van der Waals surface area contributed by atoms with Gasteiger partial charge < -0.3 is 5.32 Å². The van der Waals surface area contributed by atoms with Crippen LogP contribution < -0.4 is 10.2 Å². The Bertz CT molecular complexity index is 1170. The van der Waals surface area contributed by atoms with Crippen LogP contribution in [-0.4, -0.2) is 23.5 Å². The Morgan fingerprint density at radius 1 is 0.806 bits per heavy atom. The molecule has 6 nitrogen and oxygen atoms in total. The van der Waals surface area contributed by atoms with Gasteiger partial charge >= 0.3 is 0 Å². The van der Waals surface area contributed by atoms with Gasteiger partial charge in [0, 0.05) is 34.0 Å². The van der Waals surface area contributed by atoms with Gasteiger partial charge in [-0.25, -0.2) is 0 Å². The van der Waals surface area contributed by atoms with Crippen LogP contribution in [0.1, 0.15) is 39.1 Å². The van der Waals surface area contributed by atoms with Crippen LogP contribution in [0.3, 0.4) is 0 Å². The molecule has 0 saturated carbocycles. The number of halogens is 1. The summed E-state index contributed by atoms with van der Waals surface area (Å²) in [5.74, 6) is -1.11. The first-order valence-electron chi connectivity index (χ1n) is 9.60. The van der Waals surface area contributed by atoms with Gasteiger partial charge in [-0.15, -0.1) is 0 Å². The smallest absolute Gasteiger partial charge is 0.255 e. The summed E-state index contributed by atoms with van der Waals surface area (Å²) in [6.45, 7) is 0. The number of nitrogens with one attached hydrogen (secondary N) is 1. The highest BCUT2D eigenvalue weighted by atomic mass is 79.9. The summed E-state index contributed by atoms with van der Waals surface area (Å²) in [4.78, 5) is 50.6. The van der Waals surface area contributed by atoms with Crippen molar-refractivity contribution in [1.29, 1.82) is 0 Å². The molecule has 1 aliphatic rings. The topological polar surface area (TPSA) is 83.6 Å². The molecule has 1 fully saturated rings. The van der Waals surface area contributed by atoms with E-state index in [0.717, 1.165) is 4.90 Å². The van der Waals surface area contributed by atoms with Crippen LogP contribution in [0, 0.1) is 0 Å². The van der Waals surface area contributed by atoms with Crippen molar-refractivity contribution >= 4 is 50.8 Å². The second-order valence-electron chi connectivity index (χ2n) is 7.01. The Morgan fingerprint density at radius 3 is 2.10 bits per heavy atom. The normalized spacial score (nSPS) is 13.4. The summed E-state index contributed by atoms with van der Waals surface area (Å²) in [7, 11) is 0. The van der Waals surface area contributed by atoms with Gasteiger partial charge in [-0.3, -0.25) is 24.1 Å². The number of hydrogen-bond donors (Lipinski definition) is 1. The fraction of sp³-hybridized carbons (Fsp3) is 0.0833. The second kappa shape index (κ2) is 8.65. The lowest BCUT2D eigenvalue weighted by atomic mass is 10.0. The van der Waals surface area contributed by atoms with E-state index in [1.165, 1.54) is 0 Å². The van der Waals surface area contributed by atoms with Crippen molar-refractivity contribution in [2.24, 2.45) is 0 Å². The fourth-order valence-electron chi connectivity index (χ4n) is 3.38. The monoisotopic (exact) mass is 476 g/mol. The maximum absolute atomic E-state index is 12.9. The standard InChI is InChI=1S/C24H17BrN2O4/c25-17-8-11-20(19(14-17)23(30)15-4-2-1-3-5-15)26-24(31)16-6-9-18(10-7-16)27-21(28)12-13-22(27)29/h1-11,14H,12-13H2,(H,26,31). The Morgan fingerprint density at radius 2 is 1.45 bits per heavy atom. The lowest BCUT2D eigenvalue weighted by Crippen LogP contribution is -2.28. The Hall–Kier alpha value is -3.58. The number of carbonyl (C=O) groups is 4. The van der Waals surface area contributed by atoms with Gasteiger partial charge in [0.2, 0.25) is 11.8 Å². The van der Waals surface area contributed by atoms with Gasteiger partial charge in [0.05, 0.1) is 11.4 Å². The summed E-state index contributed by atoms with van der Waals surface area (Å²) in [6.07, 6.45) is 0.395. The summed E-state index contributed by atoms with van der Waals surface area (Å²) < 4.78 is 0.717. The molecule has 1 heterocycles. The highest BCUT2D eigenvalue weighted by molar-refractivity contribution is 9.10. The van der Waals surface area contributed by atoms with E-state index in [1.807, 2.05) is 6.07 Å². The average molecular weight is 477 g/mol. The Balaban J connectivity index is 1.57. The number of imide groups is 1. The molecule has 0 aliphatic carbocycles. The predicted octanol–water partition coefficient (Wildman–Crippen LogP) is 4.59. The number of ketones is 1. The van der Waals surface area contributed by atoms with Crippen LogP contribution in [0.15, 0.2) is 77.3 Å². The van der Waals surface area contributed by atoms with E-state index in [-0.39, 0.29) is 30.4 Å². The number of benzene rings is 3. The first-order chi connectivity index (χ1) is 14.9. The molecule has 0 radical (unpaired) electrons. The lowest BCUT2D eigenvalue weighted by Gasteiger charge is -2.15. The number of nitrogens with zero attached hydrogens (tertiary/aromatic N) is 1. The molecule has 0 spiro atoms. The van der Waals surface area contributed by atoms with E-state index in [9.17, 15) is 19.2 Å². The molecule has 0 aromatic heterocycles. The zero-order valence-electron chi connectivity index (χ0n) is 16.3. The number of amides is 3. The summed E-state index contributed by atoms with van der Waals surface area (Å²) >= 11 is 3.37. The third-order valence-electron chi connectivity index (χ3n) is 4.95. The molecule has 0 unspecified atom stereocenters. The summed E-state index contributed by atoms with van der Waals surface area (Å²) in [5.41, 5.74) is 2.03. The van der Waals surface area contributed by atoms with Gasteiger partial charge in [-0.2, -0.15) is 0 Å². The third-order valence-corrected chi connectivity index (χ3v) is 5.44. The first kappa shape index (κ1) is 20.7. The lowest BCUT2D eigenvalue weighted by molar-refractivity contribution is -0.121. The molecular weight excluding hydrogens is 460 g/mol. The van der Waals surface area contributed by atoms with Crippen LogP contribution in [0.25, 0.3) is 0 Å². The molecule has 1 saturated heterocycles. The molecule has 7 heteroatoms. The maximum atomic E-state index is 12.9. The highest BCUT2D eigenvalue weighted by Gasteiger charge is 2.30. The SMILES string of the molecule is O=C(Nc1ccc(Br)cc1C(=O)c1ccccc1)c1ccc(N2C(=O)CCC2=O)cc1. The molecule has 1 N–H and O–H groups in total. The molecule has 3 amide bonds. The van der Waals surface area contributed by atoms with Crippen LogP contribution in [-0.2, 0) is 9.59 Å². The van der Waals surface area contributed by atoms with Gasteiger partial charge in [0.1, 0.15) is 0 Å². The molecule has 31 heavy (non-hydrogen) atoms. The summed E-state index contributed by atoms with van der Waals surface area (Å²) in [5, 5.41) is 2.78. The number of hydrogen-bond acceptors (Lipinski definition) is 4. The van der Waals surface area contributed by atoms with Crippen molar-refractivity contribution in [1.82, 2.24) is 0 Å². The quantitative estimate of drug-likeness (QED) is 0.431. The van der Waals surface area contributed by atoms with Crippen molar-refractivity contribution in [2.75, 3.05) is 10.2 Å². The summed E-state index contributed by atoms with van der Waals surface area (Å²) in [6, 6.07) is 20.1. The molecule has 3 aromatic rings. The molecule has 154 valence electrons. The number of rotatable bonds is 5. The third kappa shape index (κ3) is 4.32. The Kier molecular flexibility index (Phi) is 5.77. The van der Waals surface area contributed by atoms with Crippen molar-refractivity contribution in [3.63, 3.8) is 0 Å². The zero-order valence-corrected chi connectivity index (χ0v) is 17.9. The first-order valence-corrected chi connectivity index (χ1v) is 10.4. The van der Waals surface area contributed by atoms with E-state index >= 15 is 0 Å². The Labute approximate surface area is 187 Å². The number of anilines is 2. The number of carbonyl (C=O) groups excluding carboxylic acids is 4. The fourth-order valence-corrected chi connectivity index (χ4v) is 3.74. The molecule has 0 bridgehead atoms. The molecule has 3 aromatic carbocycles. The maximum Gasteiger partial charge on any atom is 0.255 e. The van der Waals surface area contributed by atoms with Gasteiger partial charge in [0.15, 0.2) is 5.78 Å².